The van der Waals surface area contributed by atoms with Gasteiger partial charge in [-0.3, -0.25) is 0 Å². The average Bonchev–Trinajstić information content (AvgIpc) is 2.56. The molecule has 0 amide bonds. The molecule has 0 unspecified atom stereocenters. The topological polar surface area (TPSA) is 47.5 Å². The van der Waals surface area contributed by atoms with E-state index in [9.17, 15) is 4.39 Å². The zero-order chi connectivity index (χ0) is 15.9. The highest BCUT2D eigenvalue weighted by Gasteiger charge is 2.13. The minimum absolute atomic E-state index is 0.158. The summed E-state index contributed by atoms with van der Waals surface area (Å²) in [5.74, 6) is 0.572. The summed E-state index contributed by atoms with van der Waals surface area (Å²) in [5, 5.41) is 0. The van der Waals surface area contributed by atoms with E-state index < -0.39 is 5.82 Å². The Morgan fingerprint density at radius 3 is 2.68 bits per heavy atom. The minimum atomic E-state index is -0.447. The molecule has 0 saturated heterocycles. The molecule has 0 atom stereocenters. The standard InChI is InChI=1S/C16H20FN3O2/c1-4-20(5-2)15-14(17)10-18-16(19-15)22-11-12-7-6-8-13(9-12)21-3/h6-10H,4-5,11H2,1-3H3. The van der Waals surface area contributed by atoms with Crippen LogP contribution in [0.5, 0.6) is 11.8 Å². The third kappa shape index (κ3) is 3.84. The monoisotopic (exact) mass is 305 g/mol. The molecular weight excluding hydrogens is 285 g/mol. The van der Waals surface area contributed by atoms with Gasteiger partial charge >= 0.3 is 6.01 Å². The minimum Gasteiger partial charge on any atom is -0.497 e. The van der Waals surface area contributed by atoms with Crippen molar-refractivity contribution in [2.45, 2.75) is 20.5 Å². The summed E-state index contributed by atoms with van der Waals surface area (Å²) in [4.78, 5) is 9.85. The van der Waals surface area contributed by atoms with Crippen molar-refractivity contribution in [2.75, 3.05) is 25.1 Å². The summed E-state index contributed by atoms with van der Waals surface area (Å²) < 4.78 is 24.5. The fraction of sp³-hybridized carbons (Fsp3) is 0.375. The number of halogens is 1. The molecule has 0 aliphatic rings. The van der Waals surface area contributed by atoms with Crippen LogP contribution in [0.15, 0.2) is 30.5 Å². The maximum absolute atomic E-state index is 13.8. The highest BCUT2D eigenvalue weighted by atomic mass is 19.1. The molecule has 0 saturated carbocycles. The Kier molecular flexibility index (Phi) is 5.52. The van der Waals surface area contributed by atoms with E-state index in [0.717, 1.165) is 17.5 Å². The van der Waals surface area contributed by atoms with Gasteiger partial charge in [0.25, 0.3) is 0 Å². The summed E-state index contributed by atoms with van der Waals surface area (Å²) in [7, 11) is 1.61. The quantitative estimate of drug-likeness (QED) is 0.787. The fourth-order valence-electron chi connectivity index (χ4n) is 2.07. The molecule has 2 rings (SSSR count). The van der Waals surface area contributed by atoms with Crippen molar-refractivity contribution in [2.24, 2.45) is 0 Å². The van der Waals surface area contributed by atoms with Crippen molar-refractivity contribution < 1.29 is 13.9 Å². The van der Waals surface area contributed by atoms with Crippen LogP contribution in [-0.2, 0) is 6.61 Å². The van der Waals surface area contributed by atoms with Crippen LogP contribution in [0.2, 0.25) is 0 Å². The van der Waals surface area contributed by atoms with Crippen molar-refractivity contribution in [3.8, 4) is 11.8 Å². The van der Waals surface area contributed by atoms with Crippen LogP contribution < -0.4 is 14.4 Å². The lowest BCUT2D eigenvalue weighted by atomic mass is 10.2. The number of benzene rings is 1. The summed E-state index contributed by atoms with van der Waals surface area (Å²) in [6.07, 6.45) is 1.14. The number of aromatic nitrogens is 2. The van der Waals surface area contributed by atoms with Crippen molar-refractivity contribution in [1.82, 2.24) is 9.97 Å². The highest BCUT2D eigenvalue weighted by molar-refractivity contribution is 5.39. The molecule has 6 heteroatoms. The Bertz CT molecular complexity index is 618. The predicted molar refractivity (Wildman–Crippen MR) is 82.9 cm³/mol. The summed E-state index contributed by atoms with van der Waals surface area (Å²) in [5.41, 5.74) is 0.927. The van der Waals surface area contributed by atoms with Crippen LogP contribution in [0.1, 0.15) is 19.4 Å². The number of rotatable bonds is 7. The third-order valence-electron chi connectivity index (χ3n) is 3.27. The predicted octanol–water partition coefficient (Wildman–Crippen LogP) is 3.05. The molecule has 118 valence electrons. The Balaban J connectivity index is 2.11. The second kappa shape index (κ2) is 7.59. The normalized spacial score (nSPS) is 10.4. The molecule has 0 aliphatic heterocycles. The molecule has 0 bridgehead atoms. The summed E-state index contributed by atoms with van der Waals surface area (Å²) in [6, 6.07) is 7.68. The molecule has 0 N–H and O–H groups in total. The molecule has 0 radical (unpaired) electrons. The second-order valence-corrected chi connectivity index (χ2v) is 4.64. The zero-order valence-corrected chi connectivity index (χ0v) is 13.0. The second-order valence-electron chi connectivity index (χ2n) is 4.64. The van der Waals surface area contributed by atoms with Gasteiger partial charge < -0.3 is 14.4 Å². The fourth-order valence-corrected chi connectivity index (χ4v) is 2.07. The van der Waals surface area contributed by atoms with Gasteiger partial charge in [0.15, 0.2) is 11.6 Å². The third-order valence-corrected chi connectivity index (χ3v) is 3.27. The van der Waals surface area contributed by atoms with E-state index in [2.05, 4.69) is 9.97 Å². The summed E-state index contributed by atoms with van der Waals surface area (Å²) >= 11 is 0. The van der Waals surface area contributed by atoms with Gasteiger partial charge in [-0.05, 0) is 31.5 Å². The number of hydrogen-bond donors (Lipinski definition) is 0. The van der Waals surface area contributed by atoms with Crippen molar-refractivity contribution >= 4 is 5.82 Å². The van der Waals surface area contributed by atoms with E-state index in [1.165, 1.54) is 0 Å². The Morgan fingerprint density at radius 1 is 1.23 bits per heavy atom. The van der Waals surface area contributed by atoms with Gasteiger partial charge in [0, 0.05) is 13.1 Å². The molecule has 0 spiro atoms. The van der Waals surface area contributed by atoms with Crippen LogP contribution in [0.4, 0.5) is 10.2 Å². The van der Waals surface area contributed by atoms with Crippen LogP contribution in [0.25, 0.3) is 0 Å². The van der Waals surface area contributed by atoms with Crippen LogP contribution in [-0.4, -0.2) is 30.2 Å². The van der Waals surface area contributed by atoms with Gasteiger partial charge in [-0.15, -0.1) is 0 Å². The Hall–Kier alpha value is -2.37. The van der Waals surface area contributed by atoms with Gasteiger partial charge in [-0.2, -0.15) is 4.98 Å². The Labute approximate surface area is 129 Å². The SMILES string of the molecule is CCN(CC)c1nc(OCc2cccc(OC)c2)ncc1F. The summed E-state index contributed by atoms with van der Waals surface area (Å²) in [6.45, 7) is 5.52. The molecule has 1 aromatic carbocycles. The molecule has 0 aliphatic carbocycles. The lowest BCUT2D eigenvalue weighted by Gasteiger charge is -2.20. The lowest BCUT2D eigenvalue weighted by Crippen LogP contribution is -2.24. The molecular formula is C16H20FN3O2. The molecule has 5 nitrogen and oxygen atoms in total. The highest BCUT2D eigenvalue weighted by Crippen LogP contribution is 2.19. The van der Waals surface area contributed by atoms with Crippen molar-refractivity contribution in [3.05, 3.63) is 41.8 Å². The van der Waals surface area contributed by atoms with Crippen molar-refractivity contribution in [3.63, 3.8) is 0 Å². The average molecular weight is 305 g/mol. The zero-order valence-electron chi connectivity index (χ0n) is 13.0. The maximum Gasteiger partial charge on any atom is 0.318 e. The van der Waals surface area contributed by atoms with Gasteiger partial charge in [-0.1, -0.05) is 12.1 Å². The van der Waals surface area contributed by atoms with Crippen LogP contribution in [0.3, 0.4) is 0 Å². The van der Waals surface area contributed by atoms with E-state index in [-0.39, 0.29) is 11.8 Å². The molecule has 1 heterocycles. The van der Waals surface area contributed by atoms with E-state index >= 15 is 0 Å². The largest absolute Gasteiger partial charge is 0.497 e. The van der Waals surface area contributed by atoms with E-state index in [1.807, 2.05) is 43.0 Å². The molecule has 2 aromatic rings. The van der Waals surface area contributed by atoms with Gasteiger partial charge in [0.1, 0.15) is 12.4 Å². The number of hydrogen-bond acceptors (Lipinski definition) is 5. The van der Waals surface area contributed by atoms with E-state index in [4.69, 9.17) is 9.47 Å². The Morgan fingerprint density at radius 2 is 2.00 bits per heavy atom. The number of anilines is 1. The maximum atomic E-state index is 13.8. The van der Waals surface area contributed by atoms with E-state index in [0.29, 0.717) is 19.7 Å². The molecule has 0 fully saturated rings. The van der Waals surface area contributed by atoms with Gasteiger partial charge in [0.2, 0.25) is 0 Å². The number of nitrogens with zero attached hydrogens (tertiary/aromatic N) is 3. The number of ether oxygens (including phenoxy) is 2. The number of methoxy groups -OCH3 is 1. The first-order valence-electron chi connectivity index (χ1n) is 7.21. The van der Waals surface area contributed by atoms with Gasteiger partial charge in [0.05, 0.1) is 13.3 Å². The van der Waals surface area contributed by atoms with Crippen molar-refractivity contribution in [1.29, 1.82) is 0 Å². The molecule has 22 heavy (non-hydrogen) atoms. The smallest absolute Gasteiger partial charge is 0.318 e. The molecule has 1 aromatic heterocycles. The lowest BCUT2D eigenvalue weighted by molar-refractivity contribution is 0.278. The first kappa shape index (κ1) is 16.0. The van der Waals surface area contributed by atoms with Crippen LogP contribution >= 0.6 is 0 Å². The first-order chi connectivity index (χ1) is 10.7. The van der Waals surface area contributed by atoms with Crippen LogP contribution in [0, 0.1) is 5.82 Å². The van der Waals surface area contributed by atoms with E-state index in [1.54, 1.807) is 7.11 Å². The van der Waals surface area contributed by atoms with Gasteiger partial charge in [-0.25, -0.2) is 9.37 Å². The first-order valence-corrected chi connectivity index (χ1v) is 7.21.